The molecule has 118 valence electrons. The van der Waals surface area contributed by atoms with E-state index in [1.165, 1.54) is 4.90 Å². The van der Waals surface area contributed by atoms with Crippen LogP contribution in [-0.2, 0) is 11.2 Å². The minimum Gasteiger partial charge on any atom is -0.390 e. The second kappa shape index (κ2) is 6.42. The third-order valence-electron chi connectivity index (χ3n) is 4.30. The van der Waals surface area contributed by atoms with Crippen LogP contribution in [0.2, 0.25) is 0 Å². The maximum atomic E-state index is 10.5. The van der Waals surface area contributed by atoms with E-state index in [4.69, 9.17) is 4.74 Å². The van der Waals surface area contributed by atoms with E-state index in [0.717, 1.165) is 5.56 Å². The first-order valence-electron chi connectivity index (χ1n) is 7.32. The number of aliphatic hydroxyl groups is 3. The van der Waals surface area contributed by atoms with Crippen LogP contribution in [0, 0.1) is 5.92 Å². The summed E-state index contributed by atoms with van der Waals surface area (Å²) in [4.78, 5) is 1.54. The topological polar surface area (TPSA) is 73.2 Å². The third-order valence-corrected chi connectivity index (χ3v) is 4.30. The first kappa shape index (κ1) is 16.4. The molecule has 3 N–H and O–H groups in total. The minimum atomic E-state index is -1.14. The van der Waals surface area contributed by atoms with Gasteiger partial charge in [-0.2, -0.15) is 0 Å². The molecular formula is C16H25NO4. The fourth-order valence-corrected chi connectivity index (χ4v) is 2.57. The molecule has 0 bridgehead atoms. The minimum absolute atomic E-state index is 0.123. The van der Waals surface area contributed by atoms with Gasteiger partial charge in [0.2, 0.25) is 6.41 Å². The summed E-state index contributed by atoms with van der Waals surface area (Å²) in [5, 5.41) is 30.6. The zero-order valence-electron chi connectivity index (χ0n) is 12.8. The van der Waals surface area contributed by atoms with Crippen LogP contribution >= 0.6 is 0 Å². The Kier molecular flexibility index (Phi) is 5.01. The van der Waals surface area contributed by atoms with Crippen LogP contribution in [0.25, 0.3) is 0 Å². The van der Waals surface area contributed by atoms with Crippen LogP contribution in [0.15, 0.2) is 30.3 Å². The van der Waals surface area contributed by atoms with Crippen LogP contribution in [0.3, 0.4) is 0 Å². The van der Waals surface area contributed by atoms with E-state index in [1.54, 1.807) is 20.8 Å². The summed E-state index contributed by atoms with van der Waals surface area (Å²) < 4.78 is 5.27. The number of hydrogen-bond acceptors (Lipinski definition) is 5. The van der Waals surface area contributed by atoms with Crippen LogP contribution in [0.4, 0.5) is 0 Å². The Hall–Kier alpha value is -0.980. The van der Waals surface area contributed by atoms with Crippen molar-refractivity contribution in [2.24, 2.45) is 5.92 Å². The summed E-state index contributed by atoms with van der Waals surface area (Å²) in [6.07, 6.45) is -1.44. The van der Waals surface area contributed by atoms with Crippen molar-refractivity contribution in [2.45, 2.75) is 51.5 Å². The van der Waals surface area contributed by atoms with Crippen LogP contribution < -0.4 is 0 Å². The van der Waals surface area contributed by atoms with E-state index >= 15 is 0 Å². The van der Waals surface area contributed by atoms with E-state index in [-0.39, 0.29) is 6.04 Å². The highest BCUT2D eigenvalue weighted by Crippen LogP contribution is 2.28. The predicted octanol–water partition coefficient (Wildman–Crippen LogP) is 0.931. The van der Waals surface area contributed by atoms with Crippen molar-refractivity contribution in [3.05, 3.63) is 35.9 Å². The SMILES string of the molecule is C[C@H](C(O)N1C(O)OC[C@H]1Cc1ccccc1)C(C)(C)O. The molecule has 1 aliphatic heterocycles. The average Bonchev–Trinajstić information content (AvgIpc) is 2.78. The summed E-state index contributed by atoms with van der Waals surface area (Å²) in [6.45, 7) is 5.41. The zero-order chi connectivity index (χ0) is 15.6. The summed E-state index contributed by atoms with van der Waals surface area (Å²) in [6, 6.07) is 9.77. The summed E-state index contributed by atoms with van der Waals surface area (Å²) >= 11 is 0. The van der Waals surface area contributed by atoms with E-state index in [1.807, 2.05) is 30.3 Å². The monoisotopic (exact) mass is 295 g/mol. The number of aliphatic hydroxyl groups excluding tert-OH is 2. The molecule has 0 spiro atoms. The molecule has 2 rings (SSSR count). The molecule has 21 heavy (non-hydrogen) atoms. The van der Waals surface area contributed by atoms with Gasteiger partial charge in [-0.25, -0.2) is 4.90 Å². The number of benzene rings is 1. The van der Waals surface area contributed by atoms with Crippen molar-refractivity contribution in [3.8, 4) is 0 Å². The maximum Gasteiger partial charge on any atom is 0.218 e. The highest BCUT2D eigenvalue weighted by Gasteiger charge is 2.42. The highest BCUT2D eigenvalue weighted by atomic mass is 16.6. The van der Waals surface area contributed by atoms with Crippen molar-refractivity contribution in [3.63, 3.8) is 0 Å². The van der Waals surface area contributed by atoms with Gasteiger partial charge < -0.3 is 20.1 Å². The number of hydrogen-bond donors (Lipinski definition) is 3. The Morgan fingerprint density at radius 3 is 2.52 bits per heavy atom. The van der Waals surface area contributed by atoms with Crippen molar-refractivity contribution >= 4 is 0 Å². The van der Waals surface area contributed by atoms with E-state index in [2.05, 4.69) is 0 Å². The molecule has 0 aliphatic carbocycles. The van der Waals surface area contributed by atoms with Gasteiger partial charge in [0.15, 0.2) is 0 Å². The lowest BCUT2D eigenvalue weighted by molar-refractivity contribution is -0.208. The fraction of sp³-hybridized carbons (Fsp3) is 0.625. The molecule has 1 saturated heterocycles. The molecule has 0 amide bonds. The molecule has 0 radical (unpaired) electrons. The standard InChI is InChI=1S/C16H25NO4/c1-11(16(2,3)20)14(18)17-13(10-21-15(17)19)9-12-7-5-4-6-8-12/h4-8,11,13-15,18-20H,9-10H2,1-3H3/t11-,13-,14?,15?/m1/s1. The van der Waals surface area contributed by atoms with Crippen molar-refractivity contribution < 1.29 is 20.1 Å². The van der Waals surface area contributed by atoms with Gasteiger partial charge in [-0.15, -0.1) is 0 Å². The van der Waals surface area contributed by atoms with Crippen LogP contribution in [0.1, 0.15) is 26.3 Å². The van der Waals surface area contributed by atoms with Gasteiger partial charge in [-0.1, -0.05) is 37.3 Å². The van der Waals surface area contributed by atoms with Crippen molar-refractivity contribution in [2.75, 3.05) is 6.61 Å². The van der Waals surface area contributed by atoms with E-state index in [9.17, 15) is 15.3 Å². The number of rotatable bonds is 5. The highest BCUT2D eigenvalue weighted by molar-refractivity contribution is 5.16. The predicted molar refractivity (Wildman–Crippen MR) is 79.2 cm³/mol. The maximum absolute atomic E-state index is 10.5. The van der Waals surface area contributed by atoms with Gasteiger partial charge in [0.05, 0.1) is 12.2 Å². The van der Waals surface area contributed by atoms with Crippen LogP contribution in [0.5, 0.6) is 0 Å². The van der Waals surface area contributed by atoms with Crippen molar-refractivity contribution in [1.29, 1.82) is 0 Å². The van der Waals surface area contributed by atoms with E-state index < -0.39 is 24.2 Å². The molecule has 0 saturated carbocycles. The Balaban J connectivity index is 2.11. The molecule has 1 aromatic rings. The molecule has 1 aromatic carbocycles. The summed E-state index contributed by atoms with van der Waals surface area (Å²) in [7, 11) is 0. The lowest BCUT2D eigenvalue weighted by Crippen LogP contribution is -2.53. The van der Waals surface area contributed by atoms with Crippen molar-refractivity contribution in [1.82, 2.24) is 4.90 Å². The van der Waals surface area contributed by atoms with Gasteiger partial charge in [0.25, 0.3) is 0 Å². The van der Waals surface area contributed by atoms with Crippen LogP contribution in [-0.4, -0.2) is 51.1 Å². The lowest BCUT2D eigenvalue weighted by Gasteiger charge is -2.38. The smallest absolute Gasteiger partial charge is 0.218 e. The Morgan fingerprint density at radius 2 is 1.95 bits per heavy atom. The molecule has 5 nitrogen and oxygen atoms in total. The first-order valence-corrected chi connectivity index (χ1v) is 7.32. The molecule has 2 unspecified atom stereocenters. The van der Waals surface area contributed by atoms with Gasteiger partial charge in [0.1, 0.15) is 6.23 Å². The average molecular weight is 295 g/mol. The van der Waals surface area contributed by atoms with E-state index in [0.29, 0.717) is 13.0 Å². The zero-order valence-corrected chi connectivity index (χ0v) is 12.8. The fourth-order valence-electron chi connectivity index (χ4n) is 2.57. The second-order valence-corrected chi connectivity index (χ2v) is 6.31. The Morgan fingerprint density at radius 1 is 1.33 bits per heavy atom. The molecule has 1 heterocycles. The van der Waals surface area contributed by atoms with Gasteiger partial charge >= 0.3 is 0 Å². The second-order valence-electron chi connectivity index (χ2n) is 6.31. The third kappa shape index (κ3) is 3.81. The number of ether oxygens (including phenoxy) is 1. The van der Waals surface area contributed by atoms with Gasteiger partial charge in [-0.3, -0.25) is 0 Å². The Bertz CT molecular complexity index is 445. The largest absolute Gasteiger partial charge is 0.390 e. The molecular weight excluding hydrogens is 270 g/mol. The summed E-state index contributed by atoms with van der Waals surface area (Å²) in [5.41, 5.74) is 0.0762. The first-order chi connectivity index (χ1) is 9.80. The summed E-state index contributed by atoms with van der Waals surface area (Å²) in [5.74, 6) is -0.424. The van der Waals surface area contributed by atoms with Gasteiger partial charge in [-0.05, 0) is 25.8 Å². The van der Waals surface area contributed by atoms with Gasteiger partial charge in [0, 0.05) is 12.0 Å². The normalized spacial score (nSPS) is 26.8. The quantitative estimate of drug-likeness (QED) is 0.754. The molecule has 1 aliphatic rings. The number of nitrogens with zero attached hydrogens (tertiary/aromatic N) is 1. The lowest BCUT2D eigenvalue weighted by atomic mass is 9.90. The Labute approximate surface area is 125 Å². The molecule has 0 aromatic heterocycles. The molecule has 4 atom stereocenters. The molecule has 5 heteroatoms. The molecule has 1 fully saturated rings.